The van der Waals surface area contributed by atoms with Crippen molar-refractivity contribution in [2.45, 2.75) is 46.3 Å². The van der Waals surface area contributed by atoms with Crippen LogP contribution in [0.4, 0.5) is 4.79 Å². The summed E-state index contributed by atoms with van der Waals surface area (Å²) in [5, 5.41) is 9.17. The first-order valence-electron chi connectivity index (χ1n) is 11.0. The van der Waals surface area contributed by atoms with Gasteiger partial charge < -0.3 is 30.3 Å². The van der Waals surface area contributed by atoms with E-state index in [1.54, 1.807) is 14.2 Å². The summed E-state index contributed by atoms with van der Waals surface area (Å²) >= 11 is 0. The van der Waals surface area contributed by atoms with Crippen LogP contribution in [0.1, 0.15) is 34.6 Å². The maximum Gasteiger partial charge on any atom is 0.407 e. The van der Waals surface area contributed by atoms with Gasteiger partial charge in [0.25, 0.3) is 0 Å². The van der Waals surface area contributed by atoms with E-state index in [4.69, 9.17) is 9.47 Å². The summed E-state index contributed by atoms with van der Waals surface area (Å²) in [5.74, 6) is 1.04. The van der Waals surface area contributed by atoms with Crippen LogP contribution in [0.5, 0.6) is 0 Å². The first-order valence-corrected chi connectivity index (χ1v) is 11.0. The van der Waals surface area contributed by atoms with Crippen molar-refractivity contribution in [2.24, 2.45) is 10.9 Å². The average Bonchev–Trinajstić information content (AvgIpc) is 2.67. The molecule has 0 saturated carbocycles. The topological polar surface area (TPSA) is 108 Å². The van der Waals surface area contributed by atoms with Gasteiger partial charge >= 0.3 is 6.09 Å². The largest absolute Gasteiger partial charge is 0.444 e. The Balaban J connectivity index is 0.00000961. The molecular weight excluding hydrogens is 527 g/mol. The van der Waals surface area contributed by atoms with E-state index in [1.165, 1.54) is 0 Å². The fraction of sp³-hybridized carbons (Fsp3) is 0.857. The highest BCUT2D eigenvalue weighted by molar-refractivity contribution is 14.0. The summed E-state index contributed by atoms with van der Waals surface area (Å²) in [5.41, 5.74) is -0.532. The molecule has 0 radical (unpaired) electrons. The SMILES string of the molecule is CN=C(NCC(NC(=O)OC(C)(C)C)C(C)C)N1CCN(CC(=O)NCCOC)CC1.I. The minimum absolute atomic E-state index is 0. The third-order valence-corrected chi connectivity index (χ3v) is 4.87. The fourth-order valence-corrected chi connectivity index (χ4v) is 3.12. The number of piperazine rings is 1. The van der Waals surface area contributed by atoms with Gasteiger partial charge in [-0.25, -0.2) is 4.79 Å². The Hall–Kier alpha value is -1.34. The number of methoxy groups -OCH3 is 1. The lowest BCUT2D eigenvalue weighted by molar-refractivity contribution is -0.122. The first kappa shape index (κ1) is 30.7. The van der Waals surface area contributed by atoms with Gasteiger partial charge in [0.2, 0.25) is 5.91 Å². The van der Waals surface area contributed by atoms with E-state index < -0.39 is 11.7 Å². The van der Waals surface area contributed by atoms with Crippen molar-refractivity contribution in [3.63, 3.8) is 0 Å². The lowest BCUT2D eigenvalue weighted by Crippen LogP contribution is -2.56. The van der Waals surface area contributed by atoms with Crippen LogP contribution in [0.3, 0.4) is 0 Å². The summed E-state index contributed by atoms with van der Waals surface area (Å²) in [6, 6.07) is -0.0938. The highest BCUT2D eigenvalue weighted by Crippen LogP contribution is 2.09. The van der Waals surface area contributed by atoms with Crippen molar-refractivity contribution >= 4 is 41.9 Å². The third kappa shape index (κ3) is 12.6. The lowest BCUT2D eigenvalue weighted by atomic mass is 10.0. The van der Waals surface area contributed by atoms with Gasteiger partial charge in [-0.15, -0.1) is 24.0 Å². The summed E-state index contributed by atoms with van der Waals surface area (Å²) in [7, 11) is 3.37. The Morgan fingerprint density at radius 2 is 1.72 bits per heavy atom. The number of carbonyl (C=O) groups is 2. The third-order valence-electron chi connectivity index (χ3n) is 4.87. The van der Waals surface area contributed by atoms with Gasteiger partial charge in [0.15, 0.2) is 5.96 Å². The highest BCUT2D eigenvalue weighted by atomic mass is 127. The van der Waals surface area contributed by atoms with Crippen LogP contribution >= 0.6 is 24.0 Å². The average molecular weight is 571 g/mol. The molecule has 1 fully saturated rings. The van der Waals surface area contributed by atoms with Gasteiger partial charge in [-0.3, -0.25) is 14.7 Å². The van der Waals surface area contributed by atoms with E-state index in [1.807, 2.05) is 20.8 Å². The first-order chi connectivity index (χ1) is 14.6. The molecule has 0 aromatic rings. The molecule has 1 heterocycles. The number of ether oxygens (including phenoxy) is 2. The second-order valence-corrected chi connectivity index (χ2v) is 9.03. The quantitative estimate of drug-likeness (QED) is 0.165. The number of amides is 2. The fourth-order valence-electron chi connectivity index (χ4n) is 3.12. The molecule has 1 unspecified atom stereocenters. The van der Waals surface area contributed by atoms with Gasteiger partial charge in [-0.1, -0.05) is 13.8 Å². The number of hydrogen-bond acceptors (Lipinski definition) is 6. The number of halogens is 1. The van der Waals surface area contributed by atoms with Gasteiger partial charge in [0.1, 0.15) is 5.60 Å². The van der Waals surface area contributed by atoms with E-state index in [9.17, 15) is 9.59 Å². The molecule has 188 valence electrons. The Morgan fingerprint density at radius 1 is 1.09 bits per heavy atom. The minimum Gasteiger partial charge on any atom is -0.444 e. The van der Waals surface area contributed by atoms with E-state index in [0.717, 1.165) is 32.1 Å². The zero-order valence-corrected chi connectivity index (χ0v) is 23.0. The monoisotopic (exact) mass is 570 g/mol. The van der Waals surface area contributed by atoms with Crippen molar-refractivity contribution in [1.29, 1.82) is 0 Å². The number of rotatable bonds is 9. The number of nitrogens with zero attached hydrogens (tertiary/aromatic N) is 3. The Morgan fingerprint density at radius 3 is 2.22 bits per heavy atom. The molecule has 1 aliphatic rings. The van der Waals surface area contributed by atoms with Gasteiger partial charge in [-0.2, -0.15) is 0 Å². The zero-order valence-electron chi connectivity index (χ0n) is 20.7. The number of alkyl carbamates (subject to hydrolysis) is 1. The predicted molar refractivity (Wildman–Crippen MR) is 138 cm³/mol. The molecular formula is C21H43IN6O4. The second-order valence-electron chi connectivity index (χ2n) is 9.03. The van der Waals surface area contributed by atoms with Gasteiger partial charge in [0.05, 0.1) is 19.2 Å². The van der Waals surface area contributed by atoms with Crippen LogP contribution in [0.25, 0.3) is 0 Å². The van der Waals surface area contributed by atoms with E-state index in [0.29, 0.717) is 26.2 Å². The van der Waals surface area contributed by atoms with Crippen LogP contribution in [-0.2, 0) is 14.3 Å². The smallest absolute Gasteiger partial charge is 0.407 e. The van der Waals surface area contributed by atoms with Crippen LogP contribution in [0, 0.1) is 5.92 Å². The Labute approximate surface area is 210 Å². The maximum atomic E-state index is 12.1. The number of guanidine groups is 1. The van der Waals surface area contributed by atoms with Crippen molar-refractivity contribution in [1.82, 2.24) is 25.8 Å². The molecule has 3 N–H and O–H groups in total. The molecule has 1 aliphatic heterocycles. The van der Waals surface area contributed by atoms with Gasteiger partial charge in [-0.05, 0) is 26.7 Å². The van der Waals surface area contributed by atoms with Crippen molar-refractivity contribution in [3.05, 3.63) is 0 Å². The molecule has 2 amide bonds. The summed E-state index contributed by atoms with van der Waals surface area (Å²) in [6.45, 7) is 14.7. The normalized spacial score (nSPS) is 16.2. The standard InChI is InChI=1S/C21H42N6O4.HI/c1-16(2)17(25-20(29)31-21(3,4)5)14-24-19(22-6)27-11-9-26(10-12-27)15-18(28)23-8-13-30-7;/h16-17H,8-15H2,1-7H3,(H,22,24)(H,23,28)(H,25,29);1H. The molecule has 0 bridgehead atoms. The molecule has 11 heteroatoms. The Kier molecular flexibility index (Phi) is 14.8. The van der Waals surface area contributed by atoms with Crippen LogP contribution in [0.15, 0.2) is 4.99 Å². The molecule has 32 heavy (non-hydrogen) atoms. The minimum atomic E-state index is -0.532. The van der Waals surface area contributed by atoms with Crippen LogP contribution in [-0.4, -0.2) is 106 Å². The molecule has 1 rings (SSSR count). The molecule has 10 nitrogen and oxygen atoms in total. The zero-order chi connectivity index (χ0) is 23.4. The van der Waals surface area contributed by atoms with Crippen LogP contribution < -0.4 is 16.0 Å². The summed E-state index contributed by atoms with van der Waals surface area (Å²) in [4.78, 5) is 32.8. The summed E-state index contributed by atoms with van der Waals surface area (Å²) in [6.07, 6.45) is -0.416. The number of aliphatic imine (C=N–C) groups is 1. The second kappa shape index (κ2) is 15.5. The molecule has 1 saturated heterocycles. The Bertz CT molecular complexity index is 589. The molecule has 0 spiro atoms. The molecule has 0 aliphatic carbocycles. The van der Waals surface area contributed by atoms with Crippen molar-refractivity contribution in [3.8, 4) is 0 Å². The lowest BCUT2D eigenvalue weighted by Gasteiger charge is -2.36. The summed E-state index contributed by atoms with van der Waals surface area (Å²) < 4.78 is 10.3. The number of hydrogen-bond donors (Lipinski definition) is 3. The van der Waals surface area contributed by atoms with Crippen LogP contribution in [0.2, 0.25) is 0 Å². The van der Waals surface area contributed by atoms with E-state index in [2.05, 4.69) is 44.6 Å². The number of carbonyl (C=O) groups excluding carboxylic acids is 2. The molecule has 0 aromatic carbocycles. The number of nitrogens with one attached hydrogen (secondary N) is 3. The van der Waals surface area contributed by atoms with E-state index >= 15 is 0 Å². The predicted octanol–water partition coefficient (Wildman–Crippen LogP) is 1.11. The van der Waals surface area contributed by atoms with Crippen molar-refractivity contribution < 1.29 is 19.1 Å². The van der Waals surface area contributed by atoms with E-state index in [-0.39, 0.29) is 41.8 Å². The maximum absolute atomic E-state index is 12.1. The van der Waals surface area contributed by atoms with Crippen molar-refractivity contribution in [2.75, 3.05) is 66.6 Å². The van der Waals surface area contributed by atoms with Gasteiger partial charge in [0, 0.05) is 53.4 Å². The molecule has 0 aromatic heterocycles. The molecule has 1 atom stereocenters. The highest BCUT2D eigenvalue weighted by Gasteiger charge is 2.24.